The number of hydrogen-bond acceptors (Lipinski definition) is 3. The SMILES string of the molecule is COc1cccc(-c2ccc(OC)cc2Cc2ccc(=O)n(Cc3ccccc3)c2)c1. The highest BCUT2D eigenvalue weighted by Crippen LogP contribution is 2.31. The molecule has 0 aliphatic heterocycles. The molecule has 0 saturated carbocycles. The van der Waals surface area contributed by atoms with Gasteiger partial charge in [0.1, 0.15) is 11.5 Å². The molecule has 1 aromatic heterocycles. The van der Waals surface area contributed by atoms with Crippen molar-refractivity contribution in [3.05, 3.63) is 118 Å². The molecule has 0 spiro atoms. The van der Waals surface area contributed by atoms with E-state index in [1.165, 1.54) is 0 Å². The fourth-order valence-corrected chi connectivity index (χ4v) is 3.72. The highest BCUT2D eigenvalue weighted by Gasteiger charge is 2.10. The Balaban J connectivity index is 1.70. The smallest absolute Gasteiger partial charge is 0.250 e. The largest absolute Gasteiger partial charge is 0.497 e. The van der Waals surface area contributed by atoms with Crippen LogP contribution in [0.1, 0.15) is 16.7 Å². The van der Waals surface area contributed by atoms with E-state index >= 15 is 0 Å². The lowest BCUT2D eigenvalue weighted by Crippen LogP contribution is -2.19. The van der Waals surface area contributed by atoms with Gasteiger partial charge >= 0.3 is 0 Å². The molecule has 0 bridgehead atoms. The van der Waals surface area contributed by atoms with Crippen LogP contribution in [0, 0.1) is 0 Å². The van der Waals surface area contributed by atoms with Crippen molar-refractivity contribution in [1.82, 2.24) is 4.57 Å². The average molecular weight is 412 g/mol. The van der Waals surface area contributed by atoms with Gasteiger partial charge in [-0.25, -0.2) is 0 Å². The number of hydrogen-bond donors (Lipinski definition) is 0. The first kappa shape index (κ1) is 20.5. The summed E-state index contributed by atoms with van der Waals surface area (Å²) in [5, 5.41) is 0. The molecule has 0 aliphatic rings. The maximum absolute atomic E-state index is 12.4. The van der Waals surface area contributed by atoms with E-state index in [0.29, 0.717) is 13.0 Å². The normalized spacial score (nSPS) is 10.6. The van der Waals surface area contributed by atoms with Crippen LogP contribution in [0.2, 0.25) is 0 Å². The molecule has 0 N–H and O–H groups in total. The van der Waals surface area contributed by atoms with Crippen molar-refractivity contribution in [3.8, 4) is 22.6 Å². The molecular weight excluding hydrogens is 386 g/mol. The third-order valence-corrected chi connectivity index (χ3v) is 5.33. The number of nitrogens with zero attached hydrogens (tertiary/aromatic N) is 1. The second-order valence-electron chi connectivity index (χ2n) is 7.42. The molecule has 156 valence electrons. The zero-order chi connectivity index (χ0) is 21.6. The molecule has 0 fully saturated rings. The molecule has 3 aromatic carbocycles. The van der Waals surface area contributed by atoms with Crippen molar-refractivity contribution in [3.63, 3.8) is 0 Å². The molecule has 1 heterocycles. The first-order chi connectivity index (χ1) is 15.2. The van der Waals surface area contributed by atoms with Gasteiger partial charge in [0.05, 0.1) is 20.8 Å². The quantitative estimate of drug-likeness (QED) is 0.421. The van der Waals surface area contributed by atoms with Crippen LogP contribution in [0.4, 0.5) is 0 Å². The van der Waals surface area contributed by atoms with Crippen LogP contribution in [-0.2, 0) is 13.0 Å². The Morgan fingerprint density at radius 2 is 1.52 bits per heavy atom. The Bertz CT molecular complexity index is 1230. The first-order valence-corrected chi connectivity index (χ1v) is 10.2. The molecule has 4 aromatic rings. The van der Waals surface area contributed by atoms with E-state index in [9.17, 15) is 4.79 Å². The van der Waals surface area contributed by atoms with Gasteiger partial charge in [0.25, 0.3) is 5.56 Å². The van der Waals surface area contributed by atoms with Gasteiger partial charge in [0.2, 0.25) is 0 Å². The maximum atomic E-state index is 12.4. The zero-order valence-electron chi connectivity index (χ0n) is 17.7. The first-order valence-electron chi connectivity index (χ1n) is 10.2. The Hall–Kier alpha value is -3.79. The summed E-state index contributed by atoms with van der Waals surface area (Å²) in [6.45, 7) is 0.550. The Labute approximate surface area is 182 Å². The summed E-state index contributed by atoms with van der Waals surface area (Å²) in [7, 11) is 3.34. The number of pyridine rings is 1. The molecule has 4 heteroatoms. The van der Waals surface area contributed by atoms with Gasteiger partial charge in [-0.05, 0) is 58.5 Å². The summed E-state index contributed by atoms with van der Waals surface area (Å²) in [4.78, 5) is 12.4. The molecule has 0 radical (unpaired) electrons. The highest BCUT2D eigenvalue weighted by molar-refractivity contribution is 5.70. The summed E-state index contributed by atoms with van der Waals surface area (Å²) in [5.74, 6) is 1.62. The molecular formula is C27H25NO3. The molecule has 0 amide bonds. The van der Waals surface area contributed by atoms with Crippen LogP contribution in [0.15, 0.2) is 95.9 Å². The number of methoxy groups -OCH3 is 2. The molecule has 0 aliphatic carbocycles. The van der Waals surface area contributed by atoms with Gasteiger partial charge in [-0.1, -0.05) is 54.6 Å². The minimum absolute atomic E-state index is 0.00809. The molecule has 0 atom stereocenters. The van der Waals surface area contributed by atoms with Gasteiger partial charge < -0.3 is 14.0 Å². The number of ether oxygens (including phenoxy) is 2. The predicted molar refractivity (Wildman–Crippen MR) is 124 cm³/mol. The van der Waals surface area contributed by atoms with E-state index in [1.54, 1.807) is 24.9 Å². The summed E-state index contributed by atoms with van der Waals surface area (Å²) < 4.78 is 12.6. The summed E-state index contributed by atoms with van der Waals surface area (Å²) in [5.41, 5.74) is 5.46. The lowest BCUT2D eigenvalue weighted by atomic mass is 9.95. The molecule has 0 unspecified atom stereocenters. The summed E-state index contributed by atoms with van der Waals surface area (Å²) in [6.07, 6.45) is 2.63. The van der Waals surface area contributed by atoms with Gasteiger partial charge in [-0.3, -0.25) is 4.79 Å². The highest BCUT2D eigenvalue weighted by atomic mass is 16.5. The van der Waals surface area contributed by atoms with Crippen molar-refractivity contribution in [2.45, 2.75) is 13.0 Å². The van der Waals surface area contributed by atoms with Crippen molar-refractivity contribution < 1.29 is 9.47 Å². The third kappa shape index (κ3) is 4.86. The van der Waals surface area contributed by atoms with E-state index in [4.69, 9.17) is 9.47 Å². The average Bonchev–Trinajstić information content (AvgIpc) is 2.82. The van der Waals surface area contributed by atoms with Crippen LogP contribution < -0.4 is 15.0 Å². The van der Waals surface area contributed by atoms with E-state index < -0.39 is 0 Å². The van der Waals surface area contributed by atoms with E-state index in [1.807, 2.05) is 66.9 Å². The Kier molecular flexibility index (Phi) is 6.18. The van der Waals surface area contributed by atoms with Gasteiger partial charge in [0, 0.05) is 12.3 Å². The minimum Gasteiger partial charge on any atom is -0.497 e. The van der Waals surface area contributed by atoms with Crippen molar-refractivity contribution in [2.24, 2.45) is 0 Å². The van der Waals surface area contributed by atoms with Gasteiger partial charge in [-0.2, -0.15) is 0 Å². The van der Waals surface area contributed by atoms with E-state index in [2.05, 4.69) is 18.2 Å². The number of benzene rings is 3. The fourth-order valence-electron chi connectivity index (χ4n) is 3.72. The monoisotopic (exact) mass is 411 g/mol. The Morgan fingerprint density at radius 3 is 2.29 bits per heavy atom. The van der Waals surface area contributed by atoms with Crippen molar-refractivity contribution >= 4 is 0 Å². The molecule has 0 saturated heterocycles. The number of rotatable bonds is 7. The molecule has 4 nitrogen and oxygen atoms in total. The minimum atomic E-state index is -0.00809. The fraction of sp³-hybridized carbons (Fsp3) is 0.148. The predicted octanol–water partition coefficient (Wildman–Crippen LogP) is 5.17. The zero-order valence-corrected chi connectivity index (χ0v) is 17.7. The van der Waals surface area contributed by atoms with Gasteiger partial charge in [0.15, 0.2) is 0 Å². The van der Waals surface area contributed by atoms with Crippen LogP contribution in [-0.4, -0.2) is 18.8 Å². The second-order valence-corrected chi connectivity index (χ2v) is 7.42. The Morgan fingerprint density at radius 1 is 0.742 bits per heavy atom. The molecule has 31 heavy (non-hydrogen) atoms. The number of aromatic nitrogens is 1. The van der Waals surface area contributed by atoms with Crippen LogP contribution in [0.25, 0.3) is 11.1 Å². The van der Waals surface area contributed by atoms with Crippen LogP contribution in [0.5, 0.6) is 11.5 Å². The second kappa shape index (κ2) is 9.35. The lowest BCUT2D eigenvalue weighted by molar-refractivity contribution is 0.414. The lowest BCUT2D eigenvalue weighted by Gasteiger charge is -2.14. The van der Waals surface area contributed by atoms with Crippen molar-refractivity contribution in [2.75, 3.05) is 14.2 Å². The summed E-state index contributed by atoms with van der Waals surface area (Å²) >= 11 is 0. The van der Waals surface area contributed by atoms with E-state index in [-0.39, 0.29) is 5.56 Å². The summed E-state index contributed by atoms with van der Waals surface area (Å²) in [6, 6.07) is 27.7. The van der Waals surface area contributed by atoms with Crippen LogP contribution in [0.3, 0.4) is 0 Å². The van der Waals surface area contributed by atoms with Crippen molar-refractivity contribution in [1.29, 1.82) is 0 Å². The van der Waals surface area contributed by atoms with Crippen LogP contribution >= 0.6 is 0 Å². The maximum Gasteiger partial charge on any atom is 0.250 e. The third-order valence-electron chi connectivity index (χ3n) is 5.33. The standard InChI is InChI=1S/C27H25NO3/c1-30-24-10-6-9-22(16-24)26-13-12-25(31-2)17-23(26)15-21-11-14-27(29)28(19-21)18-20-7-4-3-5-8-20/h3-14,16-17,19H,15,18H2,1-2H3. The van der Waals surface area contributed by atoms with Gasteiger partial charge in [-0.15, -0.1) is 0 Å². The van der Waals surface area contributed by atoms with E-state index in [0.717, 1.165) is 39.3 Å². The molecule has 4 rings (SSSR count). The topological polar surface area (TPSA) is 40.5 Å².